The summed E-state index contributed by atoms with van der Waals surface area (Å²) in [6.07, 6.45) is 10.5. The van der Waals surface area contributed by atoms with Crippen LogP contribution in [0.1, 0.15) is 51.0 Å². The Balaban J connectivity index is 1.68. The third-order valence-electron chi connectivity index (χ3n) is 6.92. The van der Waals surface area contributed by atoms with Gasteiger partial charge in [-0.15, -0.1) is 0 Å². The summed E-state index contributed by atoms with van der Waals surface area (Å²) in [6, 6.07) is 3.85. The molecule has 6 nitrogen and oxygen atoms in total. The molecule has 1 spiro atoms. The van der Waals surface area contributed by atoms with Gasteiger partial charge in [-0.25, -0.2) is 0 Å². The number of hydrogen-bond donors (Lipinski definition) is 0. The van der Waals surface area contributed by atoms with Crippen LogP contribution >= 0.6 is 0 Å². The second kappa shape index (κ2) is 7.08. The predicted octanol–water partition coefficient (Wildman–Crippen LogP) is 3.77. The standard InChI is InChI=1S/C22H28N2O4/c1-4-28-19(25)21(17-5-12-24-18-6-11-23-13-16(17)18)9-7-20(8-10-21)14-22(15-20,26-2)27-3/h5-6,11-13H,4,7-10,14-15H2,1-3H3. The van der Waals surface area contributed by atoms with E-state index in [9.17, 15) is 4.79 Å². The smallest absolute Gasteiger partial charge is 0.316 e. The van der Waals surface area contributed by atoms with E-state index in [1.165, 1.54) is 0 Å². The summed E-state index contributed by atoms with van der Waals surface area (Å²) in [4.78, 5) is 21.9. The number of fused-ring (bicyclic) bond motifs is 1. The fraction of sp³-hybridized carbons (Fsp3) is 0.591. The Morgan fingerprint density at radius 2 is 1.79 bits per heavy atom. The van der Waals surface area contributed by atoms with E-state index in [2.05, 4.69) is 9.97 Å². The average Bonchev–Trinajstić information content (AvgIpc) is 2.72. The molecule has 0 amide bonds. The van der Waals surface area contributed by atoms with Gasteiger partial charge in [0, 0.05) is 51.0 Å². The van der Waals surface area contributed by atoms with Crippen LogP contribution in [0.5, 0.6) is 0 Å². The van der Waals surface area contributed by atoms with Gasteiger partial charge >= 0.3 is 5.97 Å². The molecule has 2 aromatic heterocycles. The van der Waals surface area contributed by atoms with Gasteiger partial charge in [0.1, 0.15) is 0 Å². The Kier molecular flexibility index (Phi) is 4.88. The van der Waals surface area contributed by atoms with E-state index < -0.39 is 11.2 Å². The van der Waals surface area contributed by atoms with Crippen molar-refractivity contribution in [2.24, 2.45) is 5.41 Å². The lowest BCUT2D eigenvalue weighted by atomic mass is 9.52. The SMILES string of the molecule is CCOC(=O)C1(c2ccnc3ccncc23)CCC2(CC1)CC(OC)(OC)C2. The first-order valence-electron chi connectivity index (χ1n) is 9.99. The van der Waals surface area contributed by atoms with Crippen molar-refractivity contribution >= 4 is 16.9 Å². The number of esters is 1. The number of carbonyl (C=O) groups excluding carboxylic acids is 1. The van der Waals surface area contributed by atoms with Crippen molar-refractivity contribution in [3.63, 3.8) is 0 Å². The maximum absolute atomic E-state index is 13.2. The number of methoxy groups -OCH3 is 2. The van der Waals surface area contributed by atoms with Crippen molar-refractivity contribution in [3.05, 3.63) is 36.3 Å². The van der Waals surface area contributed by atoms with Crippen LogP contribution in [-0.2, 0) is 24.4 Å². The van der Waals surface area contributed by atoms with Crippen molar-refractivity contribution in [1.82, 2.24) is 9.97 Å². The molecule has 0 aliphatic heterocycles. The fourth-order valence-corrected chi connectivity index (χ4v) is 5.28. The van der Waals surface area contributed by atoms with E-state index in [4.69, 9.17) is 14.2 Å². The van der Waals surface area contributed by atoms with Crippen LogP contribution in [-0.4, -0.2) is 42.6 Å². The highest BCUT2D eigenvalue weighted by Gasteiger charge is 2.60. The highest BCUT2D eigenvalue weighted by Crippen LogP contribution is 2.61. The quantitative estimate of drug-likeness (QED) is 0.577. The summed E-state index contributed by atoms with van der Waals surface area (Å²) in [7, 11) is 3.41. The van der Waals surface area contributed by atoms with Crippen LogP contribution in [0.25, 0.3) is 10.9 Å². The number of aromatic nitrogens is 2. The maximum Gasteiger partial charge on any atom is 0.316 e. The Hall–Kier alpha value is -2.05. The highest BCUT2D eigenvalue weighted by molar-refractivity contribution is 5.91. The summed E-state index contributed by atoms with van der Waals surface area (Å²) in [5, 5.41) is 0.936. The molecule has 2 saturated carbocycles. The molecule has 150 valence electrons. The zero-order chi connectivity index (χ0) is 19.8. The van der Waals surface area contributed by atoms with Gasteiger partial charge in [0.2, 0.25) is 0 Å². The Labute approximate surface area is 165 Å². The summed E-state index contributed by atoms with van der Waals surface area (Å²) in [5.41, 5.74) is 1.38. The summed E-state index contributed by atoms with van der Waals surface area (Å²) in [5.74, 6) is -0.595. The van der Waals surface area contributed by atoms with Crippen LogP contribution in [0.3, 0.4) is 0 Å². The van der Waals surface area contributed by atoms with Gasteiger partial charge < -0.3 is 14.2 Å². The molecule has 2 aliphatic carbocycles. The molecular weight excluding hydrogens is 356 g/mol. The predicted molar refractivity (Wildman–Crippen MR) is 105 cm³/mol. The van der Waals surface area contributed by atoms with E-state index in [1.807, 2.05) is 25.3 Å². The van der Waals surface area contributed by atoms with Crippen molar-refractivity contribution in [2.45, 2.75) is 56.7 Å². The monoisotopic (exact) mass is 384 g/mol. The van der Waals surface area contributed by atoms with Gasteiger partial charge in [-0.2, -0.15) is 0 Å². The van der Waals surface area contributed by atoms with Gasteiger partial charge in [0.05, 0.1) is 17.5 Å². The van der Waals surface area contributed by atoms with Crippen molar-refractivity contribution in [2.75, 3.05) is 20.8 Å². The Morgan fingerprint density at radius 1 is 1.07 bits per heavy atom. The minimum atomic E-state index is -0.649. The molecule has 6 heteroatoms. The van der Waals surface area contributed by atoms with Crippen LogP contribution < -0.4 is 0 Å². The van der Waals surface area contributed by atoms with Crippen molar-refractivity contribution in [1.29, 1.82) is 0 Å². The van der Waals surface area contributed by atoms with Gasteiger partial charge in [-0.1, -0.05) is 0 Å². The molecule has 0 bridgehead atoms. The molecule has 2 fully saturated rings. The zero-order valence-corrected chi connectivity index (χ0v) is 16.9. The number of pyridine rings is 2. The molecule has 0 aromatic carbocycles. The maximum atomic E-state index is 13.2. The fourth-order valence-electron chi connectivity index (χ4n) is 5.28. The highest BCUT2D eigenvalue weighted by atomic mass is 16.7. The number of carbonyl (C=O) groups is 1. The Bertz CT molecular complexity index is 854. The number of ether oxygens (including phenoxy) is 3. The molecule has 0 radical (unpaired) electrons. The van der Waals surface area contributed by atoms with Gasteiger partial charge in [0.15, 0.2) is 5.79 Å². The van der Waals surface area contributed by atoms with Gasteiger partial charge in [-0.3, -0.25) is 14.8 Å². The van der Waals surface area contributed by atoms with Crippen LogP contribution in [0.15, 0.2) is 30.7 Å². The number of nitrogens with zero attached hydrogens (tertiary/aromatic N) is 2. The molecule has 4 rings (SSSR count). The first-order valence-corrected chi connectivity index (χ1v) is 9.99. The zero-order valence-electron chi connectivity index (χ0n) is 16.9. The normalized spacial score (nSPS) is 22.0. The molecule has 2 aromatic rings. The van der Waals surface area contributed by atoms with Gasteiger partial charge in [-0.05, 0) is 55.7 Å². The van der Waals surface area contributed by atoms with E-state index in [-0.39, 0.29) is 11.4 Å². The largest absolute Gasteiger partial charge is 0.465 e. The molecule has 2 heterocycles. The minimum Gasteiger partial charge on any atom is -0.465 e. The third kappa shape index (κ3) is 2.90. The minimum absolute atomic E-state index is 0.134. The van der Waals surface area contributed by atoms with Gasteiger partial charge in [0.25, 0.3) is 0 Å². The van der Waals surface area contributed by atoms with E-state index in [0.717, 1.165) is 55.0 Å². The summed E-state index contributed by atoms with van der Waals surface area (Å²) in [6.45, 7) is 2.24. The average molecular weight is 384 g/mol. The van der Waals surface area contributed by atoms with Crippen molar-refractivity contribution in [3.8, 4) is 0 Å². The molecule has 28 heavy (non-hydrogen) atoms. The lowest BCUT2D eigenvalue weighted by Gasteiger charge is -2.58. The van der Waals surface area contributed by atoms with Crippen molar-refractivity contribution < 1.29 is 19.0 Å². The molecular formula is C22H28N2O4. The first-order chi connectivity index (χ1) is 13.5. The second-order valence-corrected chi connectivity index (χ2v) is 8.23. The summed E-state index contributed by atoms with van der Waals surface area (Å²) < 4.78 is 16.8. The lowest BCUT2D eigenvalue weighted by Crippen LogP contribution is -2.57. The summed E-state index contributed by atoms with van der Waals surface area (Å²) >= 11 is 0. The number of rotatable bonds is 5. The van der Waals surface area contributed by atoms with E-state index in [0.29, 0.717) is 6.61 Å². The van der Waals surface area contributed by atoms with E-state index >= 15 is 0 Å². The topological polar surface area (TPSA) is 70.5 Å². The van der Waals surface area contributed by atoms with Crippen LogP contribution in [0, 0.1) is 5.41 Å². The van der Waals surface area contributed by atoms with Crippen LogP contribution in [0.2, 0.25) is 0 Å². The molecule has 0 unspecified atom stereocenters. The van der Waals surface area contributed by atoms with E-state index in [1.54, 1.807) is 26.6 Å². The third-order valence-corrected chi connectivity index (χ3v) is 6.92. The Morgan fingerprint density at radius 3 is 2.43 bits per heavy atom. The first kappa shape index (κ1) is 19.3. The number of hydrogen-bond acceptors (Lipinski definition) is 6. The lowest BCUT2D eigenvalue weighted by molar-refractivity contribution is -0.303. The molecule has 2 aliphatic rings. The molecule has 0 atom stereocenters. The second-order valence-electron chi connectivity index (χ2n) is 8.23. The van der Waals surface area contributed by atoms with Crippen LogP contribution in [0.4, 0.5) is 0 Å². The molecule has 0 N–H and O–H groups in total. The molecule has 0 saturated heterocycles.